The number of aliphatic carboxylic acids is 6. The molecule has 0 aliphatic rings. The second kappa shape index (κ2) is 106. The van der Waals surface area contributed by atoms with Crippen molar-refractivity contribution in [3.63, 3.8) is 0 Å². The van der Waals surface area contributed by atoms with Crippen molar-refractivity contribution < 1.29 is 150 Å². The molecule has 0 saturated heterocycles. The molecule has 0 radical (unpaired) electrons. The lowest BCUT2D eigenvalue weighted by molar-refractivity contribution is -0.138. The highest BCUT2D eigenvalue weighted by atomic mass is 16.4. The van der Waals surface area contributed by atoms with Gasteiger partial charge in [0.25, 0.3) is 0 Å². The summed E-state index contributed by atoms with van der Waals surface area (Å²) in [6.07, 6.45) is 56.4. The maximum atomic E-state index is 11.7. The maximum absolute atomic E-state index is 11.7. The molecular weight excluding hydrogens is 1780 g/mol. The first-order valence-electron chi connectivity index (χ1n) is 53.0. The fourth-order valence-electron chi connectivity index (χ4n) is 14.1. The van der Waals surface area contributed by atoms with E-state index in [1.807, 2.05) is 6.08 Å². The highest BCUT2D eigenvalue weighted by molar-refractivity contribution is 5.93. The zero-order valence-corrected chi connectivity index (χ0v) is 85.8. The SMILES string of the molecule is CCCCC/C=C\C(=O)C(O)C(O)CCCCCCCC(=O)O.CCCCC/C=C\C(O)C(O)C(O)CCCCCCCC(=O)O.CCCCCC(=O)/C=C/C(O)C(O)CCCCCCCC(=O)O.CCCCCC(O)/C=C/C(O)C(O)CCCCCCCC(=O)O.CCCCCC(O)C(O)/C=C/C(=O)CCCCCCCC(=O)O.CCCCCC(O)C(O)/C=C/C(O)CCCCCCCC(=O)O. The summed E-state index contributed by atoms with van der Waals surface area (Å²) in [4.78, 5) is 97.0. The summed E-state index contributed by atoms with van der Waals surface area (Å²) in [5.74, 6) is -5.06. The predicted molar refractivity (Wildman–Crippen MR) is 545 cm³/mol. The van der Waals surface area contributed by atoms with Gasteiger partial charge in [0, 0.05) is 51.4 Å². The van der Waals surface area contributed by atoms with Gasteiger partial charge in [-0.15, -0.1) is 0 Å². The Labute approximate surface area is 829 Å². The van der Waals surface area contributed by atoms with Crippen molar-refractivity contribution >= 4 is 53.2 Å². The van der Waals surface area contributed by atoms with Gasteiger partial charge in [0.2, 0.25) is 0 Å². The van der Waals surface area contributed by atoms with Crippen LogP contribution in [0.15, 0.2) is 72.9 Å². The molecule has 0 aromatic rings. The molecule has 30 nitrogen and oxygen atoms in total. The molecule has 0 aliphatic carbocycles. The van der Waals surface area contributed by atoms with Crippen molar-refractivity contribution in [3.05, 3.63) is 72.9 Å². The minimum Gasteiger partial charge on any atom is -0.481 e. The average molecular weight is 1980 g/mol. The van der Waals surface area contributed by atoms with E-state index in [-0.39, 0.29) is 50.1 Å². The Morgan fingerprint density at radius 2 is 0.413 bits per heavy atom. The molecule has 0 saturated carbocycles. The Morgan fingerprint density at radius 1 is 0.196 bits per heavy atom. The van der Waals surface area contributed by atoms with E-state index in [0.717, 1.165) is 283 Å². The number of carbonyl (C=O) groups excluding carboxylic acids is 3. The number of allylic oxidation sites excluding steroid dienone is 4. The number of ketones is 3. The Hall–Kier alpha value is -6.33. The van der Waals surface area contributed by atoms with Crippen molar-refractivity contribution in [1.82, 2.24) is 0 Å². The van der Waals surface area contributed by atoms with Crippen LogP contribution in [0.1, 0.15) is 465 Å². The third-order valence-electron chi connectivity index (χ3n) is 23.2. The van der Waals surface area contributed by atoms with E-state index in [1.54, 1.807) is 24.3 Å². The number of carboxylic acid groups (broad SMARTS) is 6. The van der Waals surface area contributed by atoms with Crippen LogP contribution in [0.2, 0.25) is 0 Å². The van der Waals surface area contributed by atoms with E-state index in [4.69, 9.17) is 30.6 Å². The normalized spacial score (nSPS) is 14.8. The monoisotopic (exact) mass is 1980 g/mol. The van der Waals surface area contributed by atoms with Crippen molar-refractivity contribution in [1.29, 1.82) is 0 Å². The third kappa shape index (κ3) is 110. The molecule has 0 rings (SSSR count). The Balaban J connectivity index is -0.000000379. The minimum absolute atomic E-state index is 0.0110. The number of unbranched alkanes of at least 4 members (excludes halogenated alkanes) is 38. The van der Waals surface area contributed by atoms with E-state index in [9.17, 15) is 120 Å². The summed E-state index contributed by atoms with van der Waals surface area (Å²) >= 11 is 0. The molecule has 0 aromatic carbocycles. The van der Waals surface area contributed by atoms with E-state index in [1.165, 1.54) is 42.5 Å². The summed E-state index contributed by atoms with van der Waals surface area (Å²) in [5, 5.41) is 198. The topological polar surface area (TPSA) is 578 Å². The van der Waals surface area contributed by atoms with Crippen LogP contribution in [0, 0.1) is 0 Å². The number of hydrogen-bond acceptors (Lipinski definition) is 24. The molecule has 0 aliphatic heterocycles. The van der Waals surface area contributed by atoms with Crippen LogP contribution in [-0.2, 0) is 43.2 Å². The Morgan fingerprint density at radius 3 is 0.710 bits per heavy atom. The Bertz CT molecular complexity index is 3010. The molecule has 810 valence electrons. The predicted octanol–water partition coefficient (Wildman–Crippen LogP) is 18.7. The summed E-state index contributed by atoms with van der Waals surface area (Å²) < 4.78 is 0. The van der Waals surface area contributed by atoms with Crippen molar-refractivity contribution in [2.75, 3.05) is 0 Å². The number of aliphatic hydroxyl groups is 15. The summed E-state index contributed by atoms with van der Waals surface area (Å²) in [6.45, 7) is 12.6. The number of carbonyl (C=O) groups is 9. The molecule has 138 heavy (non-hydrogen) atoms. The molecule has 15 unspecified atom stereocenters. The standard InChI is InChI=1S/C18H34O5.C18H32O5.C18H34O5.C18H32O5.C18H34O5.C18H32O5/c2*1-2-3-7-11-16(20)17(21)14-13-15(19)10-8-5-4-6-9-12-18(22)23;2*1-2-3-7-10-15(19)13-14-17(21)16(20)11-8-5-4-6-9-12-18(22)23;2*1-2-3-4-6-9-12-15(19)18(23)16(20)13-10-7-5-8-11-14-17(21)22/h13-17,19-21H,2-12H2,1H3,(H,22,23);13-14,16-17,20-21H,2-12H2,1H3,(H,22,23);13-17,19-21H,2-12H2,1H3,(H,22,23);13-14,16-17,20-21H,2-12H2,1H3,(H,22,23);9,12,15-16,18-20,23H,2-8,10-11,13-14H2,1H3,(H,21,22);9,12,16,18,20,23H,2-8,10-11,13-14H2,1H3,(H,21,22)/b4*14-13+;2*12-9-. The lowest BCUT2D eigenvalue weighted by Gasteiger charge is -2.20. The van der Waals surface area contributed by atoms with E-state index < -0.39 is 133 Å². The van der Waals surface area contributed by atoms with Gasteiger partial charge < -0.3 is 107 Å². The first kappa shape index (κ1) is 142. The Kier molecular flexibility index (Phi) is 110. The zero-order chi connectivity index (χ0) is 105. The molecule has 30 heteroatoms. The van der Waals surface area contributed by atoms with Crippen molar-refractivity contribution in [2.24, 2.45) is 0 Å². The molecule has 0 amide bonds. The van der Waals surface area contributed by atoms with Gasteiger partial charge in [0.1, 0.15) is 18.3 Å². The van der Waals surface area contributed by atoms with Gasteiger partial charge in [0.15, 0.2) is 17.3 Å². The largest absolute Gasteiger partial charge is 0.481 e. The highest BCUT2D eigenvalue weighted by Crippen LogP contribution is 2.21. The fourth-order valence-corrected chi connectivity index (χ4v) is 14.1. The van der Waals surface area contributed by atoms with Gasteiger partial charge in [-0.05, 0) is 147 Å². The van der Waals surface area contributed by atoms with Gasteiger partial charge >= 0.3 is 35.8 Å². The minimum atomic E-state index is -1.34. The molecular formula is C108H198O30. The van der Waals surface area contributed by atoms with Crippen LogP contribution in [-0.4, -0.2) is 252 Å². The number of carboxylic acids is 6. The number of rotatable bonds is 90. The van der Waals surface area contributed by atoms with E-state index in [0.29, 0.717) is 103 Å². The lowest BCUT2D eigenvalue weighted by atomic mass is 10.0. The van der Waals surface area contributed by atoms with Crippen molar-refractivity contribution in [2.45, 2.75) is 557 Å². The first-order valence-corrected chi connectivity index (χ1v) is 53.0. The molecule has 0 bridgehead atoms. The van der Waals surface area contributed by atoms with Gasteiger partial charge in [-0.1, -0.05) is 340 Å². The summed E-state index contributed by atoms with van der Waals surface area (Å²) in [7, 11) is 0. The zero-order valence-electron chi connectivity index (χ0n) is 85.8. The van der Waals surface area contributed by atoms with Crippen LogP contribution >= 0.6 is 0 Å². The molecule has 21 N–H and O–H groups in total. The van der Waals surface area contributed by atoms with Crippen LogP contribution in [0.25, 0.3) is 0 Å². The molecule has 0 heterocycles. The van der Waals surface area contributed by atoms with Crippen LogP contribution in [0.4, 0.5) is 0 Å². The van der Waals surface area contributed by atoms with Gasteiger partial charge in [0.05, 0.1) is 73.2 Å². The fraction of sp³-hybridized carbons (Fsp3) is 0.806. The van der Waals surface area contributed by atoms with Gasteiger partial charge in [-0.2, -0.15) is 0 Å². The highest BCUT2D eigenvalue weighted by Gasteiger charge is 2.24. The number of aliphatic hydroxyl groups excluding tert-OH is 15. The second-order valence-electron chi connectivity index (χ2n) is 36.7. The second-order valence-corrected chi connectivity index (χ2v) is 36.7. The summed E-state index contributed by atoms with van der Waals surface area (Å²) in [5.41, 5.74) is 0. The molecule has 15 atom stereocenters. The lowest BCUT2D eigenvalue weighted by Crippen LogP contribution is -2.36. The van der Waals surface area contributed by atoms with Gasteiger partial charge in [-0.3, -0.25) is 43.2 Å². The molecule has 0 fully saturated rings. The van der Waals surface area contributed by atoms with Crippen LogP contribution in [0.3, 0.4) is 0 Å². The maximum Gasteiger partial charge on any atom is 0.303 e. The first-order chi connectivity index (χ1) is 65.8. The van der Waals surface area contributed by atoms with E-state index in [2.05, 4.69) is 41.5 Å². The third-order valence-corrected chi connectivity index (χ3v) is 23.2. The van der Waals surface area contributed by atoms with Crippen molar-refractivity contribution in [3.8, 4) is 0 Å². The molecule has 0 spiro atoms. The molecule has 0 aromatic heterocycles. The van der Waals surface area contributed by atoms with Gasteiger partial charge in [-0.25, -0.2) is 0 Å². The van der Waals surface area contributed by atoms with E-state index >= 15 is 0 Å². The van der Waals surface area contributed by atoms with Crippen LogP contribution in [0.5, 0.6) is 0 Å². The van der Waals surface area contributed by atoms with Crippen LogP contribution < -0.4 is 0 Å². The average Bonchev–Trinajstić information content (AvgIpc) is 0.923. The number of hydrogen-bond donors (Lipinski definition) is 21. The quantitative estimate of drug-likeness (QED) is 0.0153. The summed E-state index contributed by atoms with van der Waals surface area (Å²) in [6, 6.07) is 0. The smallest absolute Gasteiger partial charge is 0.303 e.